The number of hydrogen-bond donors (Lipinski definition) is 1. The van der Waals surface area contributed by atoms with Gasteiger partial charge in [-0.1, -0.05) is 30.9 Å². The molecular formula is C14H19ClN2O2. The minimum absolute atomic E-state index is 0.389. The summed E-state index contributed by atoms with van der Waals surface area (Å²) >= 11 is 6.23. The smallest absolute Gasteiger partial charge is 0.326 e. The molecule has 0 saturated heterocycles. The third kappa shape index (κ3) is 2.27. The molecule has 1 aliphatic heterocycles. The zero-order valence-corrected chi connectivity index (χ0v) is 11.7. The number of aromatic nitrogens is 2. The van der Waals surface area contributed by atoms with Crippen LogP contribution < -0.4 is 0 Å². The highest BCUT2D eigenvalue weighted by molar-refractivity contribution is 6.30. The first kappa shape index (κ1) is 13.0. The van der Waals surface area contributed by atoms with E-state index < -0.39 is 12.0 Å². The Morgan fingerprint density at radius 3 is 2.63 bits per heavy atom. The SMILES string of the molecule is O=C(O)C1CCCc2c(Cl)nc(C3CCCCC3)n21. The predicted molar refractivity (Wildman–Crippen MR) is 72.7 cm³/mol. The molecule has 0 bridgehead atoms. The molecule has 1 saturated carbocycles. The second kappa shape index (κ2) is 5.16. The number of rotatable bonds is 2. The molecule has 1 unspecified atom stereocenters. The van der Waals surface area contributed by atoms with E-state index in [-0.39, 0.29) is 0 Å². The van der Waals surface area contributed by atoms with Gasteiger partial charge in [0, 0.05) is 5.92 Å². The second-order valence-corrected chi connectivity index (χ2v) is 6.02. The first-order valence-corrected chi connectivity index (χ1v) is 7.55. The summed E-state index contributed by atoms with van der Waals surface area (Å²) in [6.45, 7) is 0. The molecule has 19 heavy (non-hydrogen) atoms. The molecule has 1 fully saturated rings. The minimum atomic E-state index is -0.757. The summed E-state index contributed by atoms with van der Waals surface area (Å²) in [5.74, 6) is 0.554. The average molecular weight is 283 g/mol. The summed E-state index contributed by atoms with van der Waals surface area (Å²) < 4.78 is 1.93. The maximum atomic E-state index is 11.5. The minimum Gasteiger partial charge on any atom is -0.480 e. The molecule has 2 aliphatic rings. The fraction of sp³-hybridized carbons (Fsp3) is 0.714. The molecule has 1 atom stereocenters. The summed E-state index contributed by atoms with van der Waals surface area (Å²) in [6.07, 6.45) is 8.34. The van der Waals surface area contributed by atoms with Gasteiger partial charge in [-0.3, -0.25) is 0 Å². The van der Waals surface area contributed by atoms with E-state index in [0.717, 1.165) is 37.2 Å². The zero-order chi connectivity index (χ0) is 13.4. The lowest BCUT2D eigenvalue weighted by Crippen LogP contribution is -2.27. The topological polar surface area (TPSA) is 55.1 Å². The highest BCUT2D eigenvalue weighted by Gasteiger charge is 2.33. The van der Waals surface area contributed by atoms with Gasteiger partial charge in [0.25, 0.3) is 0 Å². The van der Waals surface area contributed by atoms with Crippen molar-refractivity contribution in [2.24, 2.45) is 0 Å². The molecule has 104 valence electrons. The number of carbonyl (C=O) groups is 1. The maximum absolute atomic E-state index is 11.5. The zero-order valence-electron chi connectivity index (χ0n) is 10.9. The molecule has 2 heterocycles. The Morgan fingerprint density at radius 2 is 1.95 bits per heavy atom. The number of halogens is 1. The molecule has 0 spiro atoms. The van der Waals surface area contributed by atoms with Crippen molar-refractivity contribution in [2.75, 3.05) is 0 Å². The van der Waals surface area contributed by atoms with Crippen LogP contribution in [0, 0.1) is 0 Å². The lowest BCUT2D eigenvalue weighted by Gasteiger charge is -2.28. The van der Waals surface area contributed by atoms with Crippen LogP contribution in [0.25, 0.3) is 0 Å². The number of imidazole rings is 1. The Hall–Kier alpha value is -1.03. The average Bonchev–Trinajstić information content (AvgIpc) is 2.77. The molecule has 1 aliphatic carbocycles. The van der Waals surface area contributed by atoms with Crippen LogP contribution in [0.1, 0.15) is 68.4 Å². The van der Waals surface area contributed by atoms with E-state index >= 15 is 0 Å². The quantitative estimate of drug-likeness (QED) is 0.902. The van der Waals surface area contributed by atoms with Gasteiger partial charge in [-0.25, -0.2) is 9.78 Å². The molecule has 0 amide bonds. The van der Waals surface area contributed by atoms with Gasteiger partial charge in [-0.15, -0.1) is 0 Å². The normalized spacial score (nSPS) is 24.2. The van der Waals surface area contributed by atoms with Gasteiger partial charge in [0.05, 0.1) is 5.69 Å². The number of hydrogen-bond acceptors (Lipinski definition) is 2. The first-order valence-electron chi connectivity index (χ1n) is 7.17. The highest BCUT2D eigenvalue weighted by Crippen LogP contribution is 2.39. The molecule has 3 rings (SSSR count). The van der Waals surface area contributed by atoms with Crippen LogP contribution in [0.2, 0.25) is 5.15 Å². The molecule has 0 aromatic carbocycles. The van der Waals surface area contributed by atoms with Gasteiger partial charge >= 0.3 is 5.97 Å². The number of nitrogens with zero attached hydrogens (tertiary/aromatic N) is 2. The fourth-order valence-corrected chi connectivity index (χ4v) is 3.77. The largest absolute Gasteiger partial charge is 0.480 e. The van der Waals surface area contributed by atoms with Gasteiger partial charge in [-0.2, -0.15) is 0 Å². The van der Waals surface area contributed by atoms with E-state index in [1.54, 1.807) is 0 Å². The van der Waals surface area contributed by atoms with Crippen molar-refractivity contribution in [3.63, 3.8) is 0 Å². The van der Waals surface area contributed by atoms with Crippen LogP contribution in [-0.4, -0.2) is 20.6 Å². The number of fused-ring (bicyclic) bond motifs is 1. The summed E-state index contributed by atoms with van der Waals surface area (Å²) in [7, 11) is 0. The molecule has 1 aromatic rings. The molecule has 4 nitrogen and oxygen atoms in total. The van der Waals surface area contributed by atoms with E-state index in [9.17, 15) is 9.90 Å². The summed E-state index contributed by atoms with van der Waals surface area (Å²) in [5, 5.41) is 9.95. The fourth-order valence-electron chi connectivity index (χ4n) is 3.50. The van der Waals surface area contributed by atoms with Crippen molar-refractivity contribution < 1.29 is 9.90 Å². The van der Waals surface area contributed by atoms with E-state index in [1.807, 2.05) is 4.57 Å². The number of aliphatic carboxylic acids is 1. The van der Waals surface area contributed by atoms with Crippen molar-refractivity contribution in [3.05, 3.63) is 16.7 Å². The molecule has 1 N–H and O–H groups in total. The van der Waals surface area contributed by atoms with Gasteiger partial charge < -0.3 is 9.67 Å². The van der Waals surface area contributed by atoms with E-state index in [0.29, 0.717) is 17.5 Å². The molecule has 0 radical (unpaired) electrons. The Bertz CT molecular complexity index is 492. The number of carboxylic acids is 1. The first-order chi connectivity index (χ1) is 9.18. The number of carboxylic acid groups (broad SMARTS) is 1. The molecule has 1 aromatic heterocycles. The predicted octanol–water partition coefficient (Wildman–Crippen LogP) is 3.55. The molecule has 5 heteroatoms. The van der Waals surface area contributed by atoms with Crippen molar-refractivity contribution >= 4 is 17.6 Å². The summed E-state index contributed by atoms with van der Waals surface area (Å²) in [5.41, 5.74) is 0.931. The van der Waals surface area contributed by atoms with Crippen LogP contribution in [-0.2, 0) is 11.2 Å². The maximum Gasteiger partial charge on any atom is 0.326 e. The van der Waals surface area contributed by atoms with E-state index in [1.165, 1.54) is 19.3 Å². The van der Waals surface area contributed by atoms with Crippen molar-refractivity contribution in [1.29, 1.82) is 0 Å². The van der Waals surface area contributed by atoms with Crippen LogP contribution in [0.5, 0.6) is 0 Å². The van der Waals surface area contributed by atoms with E-state index in [4.69, 9.17) is 11.6 Å². The Balaban J connectivity index is 2.02. The van der Waals surface area contributed by atoms with Crippen LogP contribution in [0.15, 0.2) is 0 Å². The van der Waals surface area contributed by atoms with Crippen molar-refractivity contribution in [2.45, 2.75) is 63.3 Å². The summed E-state index contributed by atoms with van der Waals surface area (Å²) in [6, 6.07) is -0.472. The monoisotopic (exact) mass is 282 g/mol. The van der Waals surface area contributed by atoms with Crippen LogP contribution in [0.4, 0.5) is 0 Å². The van der Waals surface area contributed by atoms with E-state index in [2.05, 4.69) is 4.98 Å². The summed E-state index contributed by atoms with van der Waals surface area (Å²) in [4.78, 5) is 16.0. The lowest BCUT2D eigenvalue weighted by atomic mass is 9.88. The highest BCUT2D eigenvalue weighted by atomic mass is 35.5. The Kier molecular flexibility index (Phi) is 3.52. The third-order valence-corrected chi connectivity index (χ3v) is 4.75. The van der Waals surface area contributed by atoms with Crippen molar-refractivity contribution in [1.82, 2.24) is 9.55 Å². The van der Waals surface area contributed by atoms with Crippen LogP contribution in [0.3, 0.4) is 0 Å². The Morgan fingerprint density at radius 1 is 1.21 bits per heavy atom. The van der Waals surface area contributed by atoms with Crippen molar-refractivity contribution in [3.8, 4) is 0 Å². The molecular weight excluding hydrogens is 264 g/mol. The second-order valence-electron chi connectivity index (χ2n) is 5.66. The van der Waals surface area contributed by atoms with Gasteiger partial charge in [0.1, 0.15) is 11.9 Å². The van der Waals surface area contributed by atoms with Gasteiger partial charge in [0.2, 0.25) is 0 Å². The van der Waals surface area contributed by atoms with Gasteiger partial charge in [0.15, 0.2) is 5.15 Å². The third-order valence-electron chi connectivity index (χ3n) is 4.45. The van der Waals surface area contributed by atoms with Crippen LogP contribution >= 0.6 is 11.6 Å². The standard InChI is InChI=1S/C14H19ClN2O2/c15-12-10-7-4-8-11(14(18)19)17(10)13(16-12)9-5-2-1-3-6-9/h9,11H,1-8H2,(H,18,19). The van der Waals surface area contributed by atoms with Gasteiger partial charge in [-0.05, 0) is 32.1 Å². The lowest BCUT2D eigenvalue weighted by molar-refractivity contribution is -0.141. The Labute approximate surface area is 117 Å².